The molecule has 0 unspecified atom stereocenters. The molecule has 4 nitrogen and oxygen atoms in total. The van der Waals surface area contributed by atoms with E-state index in [1.54, 1.807) is 6.92 Å². The average Bonchev–Trinajstić information content (AvgIpc) is 2.39. The SMILES string of the molecule is CC(=O)NC1CCN(c2ccc(Br)cc2CN)CC1. The summed E-state index contributed by atoms with van der Waals surface area (Å²) in [5, 5.41) is 2.99. The minimum Gasteiger partial charge on any atom is -0.371 e. The van der Waals surface area contributed by atoms with Crippen molar-refractivity contribution in [1.29, 1.82) is 0 Å². The molecule has 0 aromatic heterocycles. The van der Waals surface area contributed by atoms with Crippen LogP contribution in [0.2, 0.25) is 0 Å². The first-order valence-electron chi connectivity index (χ1n) is 6.60. The molecule has 0 atom stereocenters. The summed E-state index contributed by atoms with van der Waals surface area (Å²) >= 11 is 3.48. The van der Waals surface area contributed by atoms with E-state index in [4.69, 9.17) is 5.73 Å². The zero-order valence-corrected chi connectivity index (χ0v) is 12.7. The fraction of sp³-hybridized carbons (Fsp3) is 0.500. The van der Waals surface area contributed by atoms with Crippen LogP contribution in [0.3, 0.4) is 0 Å². The van der Waals surface area contributed by atoms with Crippen molar-refractivity contribution in [3.8, 4) is 0 Å². The van der Waals surface area contributed by atoms with E-state index in [1.165, 1.54) is 5.69 Å². The van der Waals surface area contributed by atoms with Crippen molar-refractivity contribution in [1.82, 2.24) is 5.32 Å². The number of nitrogens with one attached hydrogen (secondary N) is 1. The Morgan fingerprint density at radius 3 is 2.74 bits per heavy atom. The smallest absolute Gasteiger partial charge is 0.217 e. The molecule has 1 fully saturated rings. The minimum atomic E-state index is 0.0599. The Morgan fingerprint density at radius 1 is 1.47 bits per heavy atom. The van der Waals surface area contributed by atoms with Crippen LogP contribution in [-0.2, 0) is 11.3 Å². The number of anilines is 1. The van der Waals surface area contributed by atoms with Gasteiger partial charge in [0.25, 0.3) is 0 Å². The Morgan fingerprint density at radius 2 is 2.16 bits per heavy atom. The molecule has 0 saturated carbocycles. The summed E-state index contributed by atoms with van der Waals surface area (Å²) in [5.74, 6) is 0.0599. The number of carbonyl (C=O) groups excluding carboxylic acids is 1. The van der Waals surface area contributed by atoms with Crippen molar-refractivity contribution in [2.24, 2.45) is 5.73 Å². The van der Waals surface area contributed by atoms with Crippen LogP contribution in [0.15, 0.2) is 22.7 Å². The van der Waals surface area contributed by atoms with Gasteiger partial charge in [-0.05, 0) is 36.6 Å². The zero-order valence-electron chi connectivity index (χ0n) is 11.2. The van der Waals surface area contributed by atoms with E-state index >= 15 is 0 Å². The highest BCUT2D eigenvalue weighted by Gasteiger charge is 2.21. The van der Waals surface area contributed by atoms with Gasteiger partial charge >= 0.3 is 0 Å². The van der Waals surface area contributed by atoms with Gasteiger partial charge in [-0.2, -0.15) is 0 Å². The first kappa shape index (κ1) is 14.3. The monoisotopic (exact) mass is 325 g/mol. The maximum absolute atomic E-state index is 11.1. The van der Waals surface area contributed by atoms with Crippen LogP contribution >= 0.6 is 15.9 Å². The molecular weight excluding hydrogens is 306 g/mol. The number of carbonyl (C=O) groups is 1. The molecule has 0 bridgehead atoms. The van der Waals surface area contributed by atoms with Gasteiger partial charge in [0.2, 0.25) is 5.91 Å². The van der Waals surface area contributed by atoms with E-state index in [0.717, 1.165) is 36.0 Å². The zero-order chi connectivity index (χ0) is 13.8. The van der Waals surface area contributed by atoms with Gasteiger partial charge in [0, 0.05) is 42.8 Å². The molecule has 1 aromatic carbocycles. The van der Waals surface area contributed by atoms with Gasteiger partial charge in [-0.1, -0.05) is 15.9 Å². The molecule has 1 saturated heterocycles. The van der Waals surface area contributed by atoms with Crippen molar-refractivity contribution in [3.63, 3.8) is 0 Å². The van der Waals surface area contributed by atoms with Crippen LogP contribution < -0.4 is 16.0 Å². The molecule has 5 heteroatoms. The Balaban J connectivity index is 2.03. The number of piperidine rings is 1. The molecule has 1 aromatic rings. The van der Waals surface area contributed by atoms with Gasteiger partial charge in [0.05, 0.1) is 0 Å². The molecule has 1 aliphatic rings. The number of nitrogens with zero attached hydrogens (tertiary/aromatic N) is 1. The van der Waals surface area contributed by atoms with Gasteiger partial charge in [-0.25, -0.2) is 0 Å². The molecule has 1 aliphatic heterocycles. The highest BCUT2D eigenvalue weighted by molar-refractivity contribution is 9.10. The Bertz CT molecular complexity index is 456. The molecule has 0 spiro atoms. The van der Waals surface area contributed by atoms with Crippen molar-refractivity contribution < 1.29 is 4.79 Å². The lowest BCUT2D eigenvalue weighted by Crippen LogP contribution is -2.44. The second-order valence-electron chi connectivity index (χ2n) is 4.94. The van der Waals surface area contributed by atoms with Crippen LogP contribution in [-0.4, -0.2) is 25.0 Å². The Hall–Kier alpha value is -1.07. The largest absolute Gasteiger partial charge is 0.371 e. The van der Waals surface area contributed by atoms with E-state index in [0.29, 0.717) is 12.6 Å². The maximum atomic E-state index is 11.1. The lowest BCUT2D eigenvalue weighted by atomic mass is 10.0. The van der Waals surface area contributed by atoms with Gasteiger partial charge < -0.3 is 16.0 Å². The van der Waals surface area contributed by atoms with Gasteiger partial charge in [-0.3, -0.25) is 4.79 Å². The fourth-order valence-corrected chi connectivity index (χ4v) is 2.99. The van der Waals surface area contributed by atoms with Crippen molar-refractivity contribution >= 4 is 27.5 Å². The van der Waals surface area contributed by atoms with Gasteiger partial charge in [0.15, 0.2) is 0 Å². The van der Waals surface area contributed by atoms with E-state index in [2.05, 4.69) is 44.3 Å². The third-order valence-electron chi connectivity index (χ3n) is 3.50. The average molecular weight is 326 g/mol. The molecule has 1 heterocycles. The highest BCUT2D eigenvalue weighted by atomic mass is 79.9. The summed E-state index contributed by atoms with van der Waals surface area (Å²) in [6.45, 7) is 4.03. The van der Waals surface area contributed by atoms with Crippen molar-refractivity contribution in [3.05, 3.63) is 28.2 Å². The van der Waals surface area contributed by atoms with Gasteiger partial charge in [-0.15, -0.1) is 0 Å². The van der Waals surface area contributed by atoms with Gasteiger partial charge in [0.1, 0.15) is 0 Å². The standard InChI is InChI=1S/C14H20BrN3O/c1-10(19)17-13-4-6-18(7-5-13)14-3-2-12(15)8-11(14)9-16/h2-3,8,13H,4-7,9,16H2,1H3,(H,17,19). The van der Waals surface area contributed by atoms with Crippen molar-refractivity contribution in [2.75, 3.05) is 18.0 Å². The Kier molecular flexibility index (Phi) is 4.82. The number of nitrogens with two attached hydrogens (primary N) is 1. The molecular formula is C14H20BrN3O. The predicted octanol–water partition coefficient (Wildman–Crippen LogP) is 2.01. The second-order valence-corrected chi connectivity index (χ2v) is 5.85. The number of benzene rings is 1. The first-order valence-corrected chi connectivity index (χ1v) is 7.40. The lowest BCUT2D eigenvalue weighted by molar-refractivity contribution is -0.119. The maximum Gasteiger partial charge on any atom is 0.217 e. The summed E-state index contributed by atoms with van der Waals surface area (Å²) < 4.78 is 1.06. The van der Waals surface area contributed by atoms with E-state index in [1.807, 2.05) is 0 Å². The molecule has 19 heavy (non-hydrogen) atoms. The molecule has 3 N–H and O–H groups in total. The number of rotatable bonds is 3. The van der Waals surface area contributed by atoms with Crippen LogP contribution in [0.5, 0.6) is 0 Å². The van der Waals surface area contributed by atoms with Crippen LogP contribution in [0.25, 0.3) is 0 Å². The minimum absolute atomic E-state index is 0.0599. The fourth-order valence-electron chi connectivity index (χ4n) is 2.58. The van der Waals surface area contributed by atoms with Crippen LogP contribution in [0.4, 0.5) is 5.69 Å². The Labute approximate surface area is 122 Å². The summed E-state index contributed by atoms with van der Waals surface area (Å²) in [5.41, 5.74) is 8.19. The quantitative estimate of drug-likeness (QED) is 0.893. The lowest BCUT2D eigenvalue weighted by Gasteiger charge is -2.35. The van der Waals surface area contributed by atoms with E-state index in [-0.39, 0.29) is 5.91 Å². The third kappa shape index (κ3) is 3.70. The highest BCUT2D eigenvalue weighted by Crippen LogP contribution is 2.27. The molecule has 0 radical (unpaired) electrons. The van der Waals surface area contributed by atoms with Crippen molar-refractivity contribution in [2.45, 2.75) is 32.4 Å². The number of hydrogen-bond acceptors (Lipinski definition) is 3. The second kappa shape index (κ2) is 6.39. The summed E-state index contributed by atoms with van der Waals surface area (Å²) in [6.07, 6.45) is 1.97. The molecule has 104 valence electrons. The third-order valence-corrected chi connectivity index (χ3v) is 4.00. The number of amides is 1. The molecule has 1 amide bonds. The number of hydrogen-bond donors (Lipinski definition) is 2. The molecule has 2 rings (SSSR count). The van der Waals surface area contributed by atoms with Crippen LogP contribution in [0.1, 0.15) is 25.3 Å². The number of halogens is 1. The molecule has 0 aliphatic carbocycles. The van der Waals surface area contributed by atoms with E-state index in [9.17, 15) is 4.79 Å². The summed E-state index contributed by atoms with van der Waals surface area (Å²) in [4.78, 5) is 13.4. The first-order chi connectivity index (χ1) is 9.10. The predicted molar refractivity (Wildman–Crippen MR) is 81.1 cm³/mol. The topological polar surface area (TPSA) is 58.4 Å². The van der Waals surface area contributed by atoms with Crippen LogP contribution in [0, 0.1) is 0 Å². The van der Waals surface area contributed by atoms with E-state index < -0.39 is 0 Å². The summed E-state index contributed by atoms with van der Waals surface area (Å²) in [7, 11) is 0. The normalized spacial score (nSPS) is 16.5. The summed E-state index contributed by atoms with van der Waals surface area (Å²) in [6, 6.07) is 6.56.